The highest BCUT2D eigenvalue weighted by Gasteiger charge is 2.22. The maximum Gasteiger partial charge on any atom is 0.224 e. The third-order valence-corrected chi connectivity index (χ3v) is 13.9. The molecule has 0 aromatic heterocycles. The SMILES string of the molecule is CCCCCCCC(=O)N(C)CCCC(CCCCC)CCCC(C)N(CCCCCCCC(=O)N(C)CCCC(CCCCC)CCCCC)C(=O)CCN1CCCC1. The summed E-state index contributed by atoms with van der Waals surface area (Å²) < 4.78 is 0. The smallest absolute Gasteiger partial charge is 0.224 e. The molecular formula is C53H104N4O3. The lowest BCUT2D eigenvalue weighted by Gasteiger charge is -2.31. The molecule has 0 aliphatic carbocycles. The molecule has 0 N–H and O–H groups in total. The Hall–Kier alpha value is -1.63. The van der Waals surface area contributed by atoms with Crippen molar-refractivity contribution in [2.24, 2.45) is 11.8 Å². The predicted octanol–water partition coefficient (Wildman–Crippen LogP) is 14.0. The fraction of sp³-hybridized carbons (Fsp3) is 0.943. The average Bonchev–Trinajstić information content (AvgIpc) is 3.77. The van der Waals surface area contributed by atoms with E-state index < -0.39 is 0 Å². The lowest BCUT2D eigenvalue weighted by atomic mass is 9.90. The molecule has 2 atom stereocenters. The molecule has 1 aliphatic rings. The Balaban J connectivity index is 2.53. The first-order valence-corrected chi connectivity index (χ1v) is 26.7. The first kappa shape index (κ1) is 56.4. The van der Waals surface area contributed by atoms with Gasteiger partial charge in [0.25, 0.3) is 0 Å². The number of amides is 3. The zero-order chi connectivity index (χ0) is 44.1. The second-order valence-corrected chi connectivity index (χ2v) is 19.5. The summed E-state index contributed by atoms with van der Waals surface area (Å²) in [6.45, 7) is 17.2. The monoisotopic (exact) mass is 845 g/mol. The van der Waals surface area contributed by atoms with Gasteiger partial charge in [0.2, 0.25) is 17.7 Å². The Labute approximate surface area is 374 Å². The third-order valence-electron chi connectivity index (χ3n) is 13.9. The molecule has 0 saturated carbocycles. The van der Waals surface area contributed by atoms with Gasteiger partial charge in [0.05, 0.1) is 0 Å². The minimum atomic E-state index is 0.268. The van der Waals surface area contributed by atoms with E-state index in [2.05, 4.69) is 44.4 Å². The second kappa shape index (κ2) is 39.0. The molecule has 0 aromatic carbocycles. The van der Waals surface area contributed by atoms with Gasteiger partial charge < -0.3 is 19.6 Å². The molecule has 1 aliphatic heterocycles. The maximum atomic E-state index is 13.7. The van der Waals surface area contributed by atoms with Crippen LogP contribution in [0.2, 0.25) is 0 Å². The Morgan fingerprint density at radius 1 is 0.433 bits per heavy atom. The van der Waals surface area contributed by atoms with E-state index in [0.717, 1.165) is 103 Å². The Morgan fingerprint density at radius 3 is 1.32 bits per heavy atom. The number of nitrogens with zero attached hydrogens (tertiary/aromatic N) is 4. The van der Waals surface area contributed by atoms with Gasteiger partial charge in [0.15, 0.2) is 0 Å². The van der Waals surface area contributed by atoms with Crippen molar-refractivity contribution in [1.82, 2.24) is 19.6 Å². The summed E-state index contributed by atoms with van der Waals surface area (Å²) >= 11 is 0. The Kier molecular flexibility index (Phi) is 36.7. The van der Waals surface area contributed by atoms with Gasteiger partial charge >= 0.3 is 0 Å². The molecule has 3 amide bonds. The first-order chi connectivity index (χ1) is 29.2. The molecule has 354 valence electrons. The topological polar surface area (TPSA) is 64.2 Å². The van der Waals surface area contributed by atoms with Crippen molar-refractivity contribution in [3.63, 3.8) is 0 Å². The highest BCUT2D eigenvalue weighted by Crippen LogP contribution is 2.25. The van der Waals surface area contributed by atoms with Gasteiger partial charge in [-0.3, -0.25) is 14.4 Å². The summed E-state index contributed by atoms with van der Waals surface area (Å²) in [7, 11) is 4.01. The fourth-order valence-electron chi connectivity index (χ4n) is 9.60. The third kappa shape index (κ3) is 29.6. The number of unbranched alkanes of at least 4 members (excludes halogenated alkanes) is 14. The van der Waals surface area contributed by atoms with E-state index in [1.54, 1.807) is 0 Å². The number of hydrogen-bond donors (Lipinski definition) is 0. The number of carbonyl (C=O) groups excluding carboxylic acids is 3. The Bertz CT molecular complexity index is 1010. The van der Waals surface area contributed by atoms with Crippen LogP contribution in [-0.2, 0) is 14.4 Å². The van der Waals surface area contributed by atoms with Gasteiger partial charge in [-0.05, 0) is 96.1 Å². The van der Waals surface area contributed by atoms with Crippen molar-refractivity contribution < 1.29 is 14.4 Å². The van der Waals surface area contributed by atoms with Gasteiger partial charge in [0.1, 0.15) is 0 Å². The van der Waals surface area contributed by atoms with Crippen molar-refractivity contribution in [1.29, 1.82) is 0 Å². The predicted molar refractivity (Wildman–Crippen MR) is 260 cm³/mol. The molecule has 2 unspecified atom stereocenters. The van der Waals surface area contributed by atoms with Crippen molar-refractivity contribution in [3.8, 4) is 0 Å². The average molecular weight is 845 g/mol. The lowest BCUT2D eigenvalue weighted by Crippen LogP contribution is -2.41. The van der Waals surface area contributed by atoms with Crippen LogP contribution in [0.4, 0.5) is 0 Å². The van der Waals surface area contributed by atoms with E-state index in [-0.39, 0.29) is 6.04 Å². The van der Waals surface area contributed by atoms with E-state index >= 15 is 0 Å². The van der Waals surface area contributed by atoms with Crippen LogP contribution in [0.25, 0.3) is 0 Å². The van der Waals surface area contributed by atoms with E-state index in [4.69, 9.17) is 0 Å². The van der Waals surface area contributed by atoms with Gasteiger partial charge in [-0.2, -0.15) is 0 Å². The summed E-state index contributed by atoms with van der Waals surface area (Å²) in [4.78, 5) is 48.1. The van der Waals surface area contributed by atoms with Crippen LogP contribution in [0, 0.1) is 11.8 Å². The normalized spacial score (nSPS) is 14.2. The van der Waals surface area contributed by atoms with Crippen molar-refractivity contribution >= 4 is 17.7 Å². The lowest BCUT2D eigenvalue weighted by molar-refractivity contribution is -0.134. The molecule has 7 nitrogen and oxygen atoms in total. The van der Waals surface area contributed by atoms with Gasteiger partial charge in [-0.15, -0.1) is 0 Å². The molecule has 1 heterocycles. The molecule has 0 aromatic rings. The Morgan fingerprint density at radius 2 is 0.833 bits per heavy atom. The van der Waals surface area contributed by atoms with Gasteiger partial charge in [-0.1, -0.05) is 163 Å². The van der Waals surface area contributed by atoms with Crippen molar-refractivity contribution in [3.05, 3.63) is 0 Å². The van der Waals surface area contributed by atoms with Crippen LogP contribution in [0.1, 0.15) is 253 Å². The summed E-state index contributed by atoms with van der Waals surface area (Å²) in [5.41, 5.74) is 0. The number of likely N-dealkylation sites (tertiary alicyclic amines) is 1. The standard InChI is InChI=1S/C53H104N4O3/c1-8-12-16-18-24-39-51(58)55(7)43-31-38-50(35-23-15-11-4)36-29-32-48(5)57(53(60)41-47-56-44-27-28-45-56)46-26-20-17-19-25-40-52(59)54(6)42-30-37-49(33-21-13-9-2)34-22-14-10-3/h48-50H,8-47H2,1-7H3. The minimum absolute atomic E-state index is 0.268. The van der Waals surface area contributed by atoms with Gasteiger partial charge in [-0.25, -0.2) is 0 Å². The molecule has 1 fully saturated rings. The zero-order valence-corrected chi connectivity index (χ0v) is 41.5. The number of rotatable bonds is 42. The van der Waals surface area contributed by atoms with E-state index in [1.165, 1.54) is 141 Å². The molecule has 7 heteroatoms. The molecule has 1 saturated heterocycles. The second-order valence-electron chi connectivity index (χ2n) is 19.5. The van der Waals surface area contributed by atoms with Crippen LogP contribution in [0.15, 0.2) is 0 Å². The maximum absolute atomic E-state index is 13.7. The minimum Gasteiger partial charge on any atom is -0.346 e. The molecular weight excluding hydrogens is 741 g/mol. The zero-order valence-electron chi connectivity index (χ0n) is 41.5. The van der Waals surface area contributed by atoms with Crippen molar-refractivity contribution in [2.45, 2.75) is 259 Å². The van der Waals surface area contributed by atoms with Crippen LogP contribution >= 0.6 is 0 Å². The van der Waals surface area contributed by atoms with E-state index in [0.29, 0.717) is 42.9 Å². The summed E-state index contributed by atoms with van der Waals surface area (Å²) in [6, 6.07) is 0.268. The van der Waals surface area contributed by atoms with Crippen molar-refractivity contribution in [2.75, 3.05) is 53.4 Å². The number of hydrogen-bond acceptors (Lipinski definition) is 4. The molecule has 60 heavy (non-hydrogen) atoms. The van der Waals surface area contributed by atoms with Crippen LogP contribution in [0.5, 0.6) is 0 Å². The molecule has 0 radical (unpaired) electrons. The van der Waals surface area contributed by atoms with Crippen LogP contribution < -0.4 is 0 Å². The van der Waals surface area contributed by atoms with E-state index in [9.17, 15) is 14.4 Å². The molecule has 0 spiro atoms. The highest BCUT2D eigenvalue weighted by molar-refractivity contribution is 5.77. The van der Waals surface area contributed by atoms with E-state index in [1.807, 2.05) is 23.9 Å². The van der Waals surface area contributed by atoms with Crippen LogP contribution in [-0.4, -0.2) is 96.7 Å². The van der Waals surface area contributed by atoms with Gasteiger partial charge in [0, 0.05) is 65.6 Å². The summed E-state index contributed by atoms with van der Waals surface area (Å²) in [5.74, 6) is 2.51. The first-order valence-electron chi connectivity index (χ1n) is 26.7. The summed E-state index contributed by atoms with van der Waals surface area (Å²) in [5, 5.41) is 0. The largest absolute Gasteiger partial charge is 0.346 e. The molecule has 1 rings (SSSR count). The highest BCUT2D eigenvalue weighted by atomic mass is 16.2. The quantitative estimate of drug-likeness (QED) is 0.0574. The molecule has 0 bridgehead atoms. The fourth-order valence-corrected chi connectivity index (χ4v) is 9.60. The van der Waals surface area contributed by atoms with Crippen LogP contribution in [0.3, 0.4) is 0 Å². The summed E-state index contributed by atoms with van der Waals surface area (Å²) in [6.07, 6.45) is 39.9. The number of carbonyl (C=O) groups is 3.